The summed E-state index contributed by atoms with van der Waals surface area (Å²) >= 11 is 7.72. The average Bonchev–Trinajstić information content (AvgIpc) is 2.43. The number of nitrogens with two attached hydrogens (primary N) is 1. The molecular weight excluding hydrogens is 362 g/mol. The van der Waals surface area contributed by atoms with Gasteiger partial charge < -0.3 is 11.1 Å². The van der Waals surface area contributed by atoms with Crippen molar-refractivity contribution >= 4 is 44.7 Å². The molecule has 0 saturated carbocycles. The highest BCUT2D eigenvalue weighted by atomic mass is 79.9. The van der Waals surface area contributed by atoms with Crippen LogP contribution >= 0.6 is 28.1 Å². The fraction of sp³-hybridized carbons (Fsp3) is 0. The first kappa shape index (κ1) is 15.5. The molecule has 2 rings (SSSR count). The third-order valence-corrected chi connectivity index (χ3v) is 3.74. The molecular formula is C14H9BrF2N2OS. The molecule has 0 atom stereocenters. The molecule has 0 aromatic heterocycles. The Kier molecular flexibility index (Phi) is 4.64. The van der Waals surface area contributed by atoms with E-state index < -0.39 is 17.5 Å². The van der Waals surface area contributed by atoms with E-state index in [9.17, 15) is 13.6 Å². The second-order valence-electron chi connectivity index (χ2n) is 4.11. The Morgan fingerprint density at radius 1 is 1.19 bits per heavy atom. The predicted molar refractivity (Wildman–Crippen MR) is 84.3 cm³/mol. The highest BCUT2D eigenvalue weighted by Crippen LogP contribution is 2.23. The van der Waals surface area contributed by atoms with Crippen LogP contribution in [0.2, 0.25) is 0 Å². The van der Waals surface area contributed by atoms with Gasteiger partial charge in [0.1, 0.15) is 16.6 Å². The summed E-state index contributed by atoms with van der Waals surface area (Å²) in [6, 6.07) is 7.97. The molecule has 0 aliphatic rings. The maximum atomic E-state index is 13.9. The lowest BCUT2D eigenvalue weighted by Gasteiger charge is -2.09. The van der Waals surface area contributed by atoms with E-state index in [0.29, 0.717) is 5.56 Å². The second kappa shape index (κ2) is 6.28. The van der Waals surface area contributed by atoms with Crippen molar-refractivity contribution in [1.82, 2.24) is 0 Å². The van der Waals surface area contributed by atoms with Gasteiger partial charge >= 0.3 is 0 Å². The van der Waals surface area contributed by atoms with Gasteiger partial charge in [-0.05, 0) is 46.3 Å². The maximum absolute atomic E-state index is 13.9. The summed E-state index contributed by atoms with van der Waals surface area (Å²) in [6.45, 7) is 0. The van der Waals surface area contributed by atoms with E-state index >= 15 is 0 Å². The number of nitrogens with one attached hydrogen (secondary N) is 1. The minimum Gasteiger partial charge on any atom is -0.389 e. The van der Waals surface area contributed by atoms with Crippen molar-refractivity contribution in [2.75, 3.05) is 5.32 Å². The molecule has 0 aliphatic heterocycles. The minimum absolute atomic E-state index is 0.0164. The lowest BCUT2D eigenvalue weighted by atomic mass is 10.1. The molecule has 21 heavy (non-hydrogen) atoms. The van der Waals surface area contributed by atoms with Crippen LogP contribution < -0.4 is 11.1 Å². The zero-order chi connectivity index (χ0) is 15.6. The Balaban J connectivity index is 2.28. The van der Waals surface area contributed by atoms with Crippen LogP contribution in [0.15, 0.2) is 40.9 Å². The smallest absolute Gasteiger partial charge is 0.256 e. The largest absolute Gasteiger partial charge is 0.389 e. The molecule has 108 valence electrons. The molecule has 0 aliphatic carbocycles. The van der Waals surface area contributed by atoms with Crippen LogP contribution in [0.4, 0.5) is 14.5 Å². The van der Waals surface area contributed by atoms with Crippen molar-refractivity contribution < 1.29 is 13.6 Å². The van der Waals surface area contributed by atoms with Crippen molar-refractivity contribution in [3.8, 4) is 0 Å². The third-order valence-electron chi connectivity index (χ3n) is 2.70. The SMILES string of the molecule is NC(=S)c1ccc(NC(=O)c2cccc(F)c2Br)c(F)c1. The van der Waals surface area contributed by atoms with Crippen LogP contribution in [0.25, 0.3) is 0 Å². The fourth-order valence-electron chi connectivity index (χ4n) is 1.64. The standard InChI is InChI=1S/C14H9BrF2N2OS/c15-12-8(2-1-3-9(12)16)14(20)19-11-5-4-7(13(18)21)6-10(11)17/h1-6H,(H2,18,21)(H,19,20). The lowest BCUT2D eigenvalue weighted by Crippen LogP contribution is -2.15. The highest BCUT2D eigenvalue weighted by Gasteiger charge is 2.15. The molecule has 2 aromatic carbocycles. The van der Waals surface area contributed by atoms with Gasteiger partial charge in [0.15, 0.2) is 0 Å². The number of anilines is 1. The average molecular weight is 371 g/mol. The molecule has 3 N–H and O–H groups in total. The Morgan fingerprint density at radius 2 is 1.90 bits per heavy atom. The normalized spacial score (nSPS) is 10.2. The Hall–Kier alpha value is -1.86. The summed E-state index contributed by atoms with van der Waals surface area (Å²) in [4.78, 5) is 12.1. The Labute approximate surface area is 133 Å². The molecule has 0 heterocycles. The summed E-state index contributed by atoms with van der Waals surface area (Å²) in [5.41, 5.74) is 5.76. The topological polar surface area (TPSA) is 55.1 Å². The number of hydrogen-bond donors (Lipinski definition) is 2. The van der Waals surface area contributed by atoms with Gasteiger partial charge in [0, 0.05) is 5.56 Å². The van der Waals surface area contributed by atoms with Crippen molar-refractivity contribution in [1.29, 1.82) is 0 Å². The summed E-state index contributed by atoms with van der Waals surface area (Å²) < 4.78 is 27.2. The van der Waals surface area contributed by atoms with Crippen LogP contribution in [0.3, 0.4) is 0 Å². The molecule has 7 heteroatoms. The number of carbonyl (C=O) groups excluding carboxylic acids is 1. The maximum Gasteiger partial charge on any atom is 0.256 e. The third kappa shape index (κ3) is 3.43. The van der Waals surface area contributed by atoms with Crippen LogP contribution in [0.1, 0.15) is 15.9 Å². The van der Waals surface area contributed by atoms with Gasteiger partial charge in [-0.3, -0.25) is 4.79 Å². The number of hydrogen-bond acceptors (Lipinski definition) is 2. The van der Waals surface area contributed by atoms with Crippen LogP contribution in [0.5, 0.6) is 0 Å². The van der Waals surface area contributed by atoms with Crippen molar-refractivity contribution in [3.05, 3.63) is 63.6 Å². The number of rotatable bonds is 3. The van der Waals surface area contributed by atoms with E-state index in [4.69, 9.17) is 18.0 Å². The van der Waals surface area contributed by atoms with Gasteiger partial charge in [-0.25, -0.2) is 8.78 Å². The van der Waals surface area contributed by atoms with Gasteiger partial charge in [0.05, 0.1) is 15.7 Å². The number of amides is 1. The molecule has 2 aromatic rings. The Bertz CT molecular complexity index is 737. The van der Waals surface area contributed by atoms with Crippen molar-refractivity contribution in [2.45, 2.75) is 0 Å². The first-order valence-electron chi connectivity index (χ1n) is 5.75. The zero-order valence-corrected chi connectivity index (χ0v) is 12.9. The van der Waals surface area contributed by atoms with Gasteiger partial charge in [0.25, 0.3) is 5.91 Å². The number of benzene rings is 2. The summed E-state index contributed by atoms with van der Waals surface area (Å²) in [5.74, 6) is -1.89. The van der Waals surface area contributed by atoms with Crippen molar-refractivity contribution in [3.63, 3.8) is 0 Å². The molecule has 0 fully saturated rings. The molecule has 3 nitrogen and oxygen atoms in total. The van der Waals surface area contributed by atoms with Gasteiger partial charge in [-0.15, -0.1) is 0 Å². The molecule has 0 radical (unpaired) electrons. The van der Waals surface area contributed by atoms with Gasteiger partial charge in [-0.2, -0.15) is 0 Å². The van der Waals surface area contributed by atoms with E-state index in [1.807, 2.05) is 0 Å². The lowest BCUT2D eigenvalue weighted by molar-refractivity contribution is 0.102. The first-order valence-corrected chi connectivity index (χ1v) is 6.95. The van der Waals surface area contributed by atoms with Crippen molar-refractivity contribution in [2.24, 2.45) is 5.73 Å². The zero-order valence-electron chi connectivity index (χ0n) is 10.5. The van der Waals surface area contributed by atoms with Crippen LogP contribution in [-0.4, -0.2) is 10.9 Å². The molecule has 0 bridgehead atoms. The number of carbonyl (C=O) groups is 1. The fourth-order valence-corrected chi connectivity index (χ4v) is 2.21. The van der Waals surface area contributed by atoms with Gasteiger partial charge in [0.2, 0.25) is 0 Å². The number of halogens is 3. The first-order chi connectivity index (χ1) is 9.90. The van der Waals surface area contributed by atoms with Crippen LogP contribution in [-0.2, 0) is 0 Å². The molecule has 0 spiro atoms. The van der Waals surface area contributed by atoms with E-state index in [0.717, 1.165) is 6.07 Å². The monoisotopic (exact) mass is 370 g/mol. The minimum atomic E-state index is -0.679. The summed E-state index contributed by atoms with van der Waals surface area (Å²) in [6.07, 6.45) is 0. The van der Waals surface area contributed by atoms with Gasteiger partial charge in [-0.1, -0.05) is 18.3 Å². The van der Waals surface area contributed by atoms with E-state index in [1.165, 1.54) is 30.3 Å². The molecule has 1 amide bonds. The van der Waals surface area contributed by atoms with E-state index in [-0.39, 0.29) is 20.7 Å². The quantitative estimate of drug-likeness (QED) is 0.811. The predicted octanol–water partition coefficient (Wildman–Crippen LogP) is 3.61. The molecule has 0 saturated heterocycles. The summed E-state index contributed by atoms with van der Waals surface area (Å²) in [7, 11) is 0. The molecule has 0 unspecified atom stereocenters. The summed E-state index contributed by atoms with van der Waals surface area (Å²) in [5, 5.41) is 2.37. The second-order valence-corrected chi connectivity index (χ2v) is 5.35. The van der Waals surface area contributed by atoms with Crippen LogP contribution in [0, 0.1) is 11.6 Å². The number of thiocarbonyl (C=S) groups is 1. The van der Waals surface area contributed by atoms with E-state index in [1.54, 1.807) is 0 Å². The highest BCUT2D eigenvalue weighted by molar-refractivity contribution is 9.10. The van der Waals surface area contributed by atoms with E-state index in [2.05, 4.69) is 21.2 Å². The Morgan fingerprint density at radius 3 is 2.52 bits per heavy atom.